The van der Waals surface area contributed by atoms with Crippen LogP contribution in [0.5, 0.6) is 0 Å². The Morgan fingerprint density at radius 3 is 2.07 bits per heavy atom. The van der Waals surface area contributed by atoms with Gasteiger partial charge >= 0.3 is 0 Å². The molecule has 1 fully saturated rings. The van der Waals surface area contributed by atoms with E-state index >= 15 is 0 Å². The van der Waals surface area contributed by atoms with Crippen molar-refractivity contribution in [2.45, 2.75) is 52.9 Å². The third kappa shape index (κ3) is 13.9. The zero-order valence-corrected chi connectivity index (χ0v) is 34.1. The Morgan fingerprint density at radius 1 is 0.724 bits per heavy atom. The number of ketones is 1. The molecule has 4 aromatic rings. The number of carbonyl (C=O) groups is 4. The van der Waals surface area contributed by atoms with Crippen molar-refractivity contribution in [3.63, 3.8) is 0 Å². The number of hydrogen-bond acceptors (Lipinski definition) is 10. The summed E-state index contributed by atoms with van der Waals surface area (Å²) in [6.45, 7) is 10.5. The molecule has 0 radical (unpaired) electrons. The maximum absolute atomic E-state index is 13.8. The Bertz CT molecular complexity index is 1960. The molecule has 0 atom stereocenters. The van der Waals surface area contributed by atoms with Gasteiger partial charge in [-0.1, -0.05) is 57.2 Å². The molecule has 2 N–H and O–H groups in total. The maximum Gasteiger partial charge on any atom is 0.257 e. The van der Waals surface area contributed by atoms with Crippen LogP contribution in [0.15, 0.2) is 85.2 Å². The molecule has 0 aliphatic carbocycles. The van der Waals surface area contributed by atoms with E-state index in [-0.39, 0.29) is 28.2 Å². The largest absolute Gasteiger partial charge is 0.379 e. The van der Waals surface area contributed by atoms with Gasteiger partial charge in [-0.3, -0.25) is 19.2 Å². The second-order valence-electron chi connectivity index (χ2n) is 15.5. The minimum absolute atomic E-state index is 0.0172. The van der Waals surface area contributed by atoms with Crippen molar-refractivity contribution >= 4 is 40.6 Å². The number of amides is 3. The fraction of sp³-hybridized carbons (Fsp3) is 0.422. The summed E-state index contributed by atoms with van der Waals surface area (Å²) in [4.78, 5) is 65.3. The molecule has 2 heterocycles. The van der Waals surface area contributed by atoms with Crippen molar-refractivity contribution in [2.75, 3.05) is 81.9 Å². The molecule has 1 aliphatic rings. The molecule has 1 aromatic heterocycles. The molecule has 58 heavy (non-hydrogen) atoms. The second kappa shape index (κ2) is 21.9. The van der Waals surface area contributed by atoms with Gasteiger partial charge in [-0.25, -0.2) is 9.97 Å². The summed E-state index contributed by atoms with van der Waals surface area (Å²) in [6.07, 6.45) is 7.36. The molecule has 0 saturated carbocycles. The van der Waals surface area contributed by atoms with Crippen LogP contribution in [0.1, 0.15) is 83.9 Å². The number of anilines is 3. The van der Waals surface area contributed by atoms with Gasteiger partial charge in [0.2, 0.25) is 0 Å². The van der Waals surface area contributed by atoms with Crippen molar-refractivity contribution in [1.82, 2.24) is 14.9 Å². The monoisotopic (exact) mass is 792 g/mol. The topological polar surface area (TPSA) is 152 Å². The van der Waals surface area contributed by atoms with E-state index in [4.69, 9.17) is 14.2 Å². The van der Waals surface area contributed by atoms with Crippen molar-refractivity contribution in [3.05, 3.63) is 102 Å². The van der Waals surface area contributed by atoms with E-state index in [9.17, 15) is 19.2 Å². The van der Waals surface area contributed by atoms with Crippen LogP contribution in [-0.2, 0) is 19.0 Å². The van der Waals surface area contributed by atoms with E-state index < -0.39 is 11.8 Å². The van der Waals surface area contributed by atoms with Gasteiger partial charge < -0.3 is 34.6 Å². The summed E-state index contributed by atoms with van der Waals surface area (Å²) in [5, 5.41) is 5.80. The Kier molecular flexibility index (Phi) is 16.4. The maximum atomic E-state index is 13.8. The molecule has 13 heteroatoms. The quantitative estimate of drug-likeness (QED) is 0.0883. The average molecular weight is 793 g/mol. The number of aromatic nitrogens is 2. The highest BCUT2D eigenvalue weighted by atomic mass is 16.5. The lowest BCUT2D eigenvalue weighted by Gasteiger charge is -2.29. The second-order valence-corrected chi connectivity index (χ2v) is 15.5. The van der Waals surface area contributed by atoms with Crippen molar-refractivity contribution in [3.8, 4) is 11.4 Å². The number of nitrogens with one attached hydrogen (secondary N) is 2. The molecular formula is C45H56N6O7. The lowest BCUT2D eigenvalue weighted by Crippen LogP contribution is -2.30. The number of rotatable bonds is 20. The van der Waals surface area contributed by atoms with E-state index in [0.717, 1.165) is 37.2 Å². The first kappa shape index (κ1) is 43.6. The highest BCUT2D eigenvalue weighted by Crippen LogP contribution is 2.28. The Labute approximate surface area is 341 Å². The lowest BCUT2D eigenvalue weighted by atomic mass is 9.89. The van der Waals surface area contributed by atoms with Crippen LogP contribution < -0.4 is 15.5 Å². The van der Waals surface area contributed by atoms with Crippen molar-refractivity contribution in [1.29, 1.82) is 0 Å². The van der Waals surface area contributed by atoms with E-state index in [1.807, 2.05) is 57.2 Å². The first-order valence-electron chi connectivity index (χ1n) is 20.0. The molecule has 0 unspecified atom stereocenters. The summed E-state index contributed by atoms with van der Waals surface area (Å²) >= 11 is 0. The standard InChI is InChI=1S/C45H56N6O7/c1-45(2,3)30-38(52)18-22-56-24-26-58-27-25-57-23-21-50(4)44(55)35-15-11-14-34(28-35)42(53)49-40-17-16-37(51-19-9-6-10-20-51)29-39(40)43(54)48-36-31-46-41(47-32-36)33-12-7-5-8-13-33/h5,7-8,11-17,28-29,31-32H,6,9-10,18-27,30H2,1-4H3,(H,48,54)(H,49,53). The van der Waals surface area contributed by atoms with Gasteiger partial charge in [-0.2, -0.15) is 0 Å². The summed E-state index contributed by atoms with van der Waals surface area (Å²) in [6, 6.07) is 21.5. The normalized spacial score (nSPS) is 12.9. The fourth-order valence-electron chi connectivity index (χ4n) is 6.42. The molecule has 1 saturated heterocycles. The molecule has 0 bridgehead atoms. The van der Waals surface area contributed by atoms with Crippen LogP contribution >= 0.6 is 0 Å². The van der Waals surface area contributed by atoms with E-state index in [2.05, 4.69) is 25.5 Å². The Hall–Kier alpha value is -5.50. The van der Waals surface area contributed by atoms with Gasteiger partial charge in [0.25, 0.3) is 17.7 Å². The third-order valence-corrected chi connectivity index (χ3v) is 9.45. The molecule has 13 nitrogen and oxygen atoms in total. The number of Topliss-reactive ketones (excluding diaryl/α,β-unsaturated/α-hetero) is 1. The number of carbonyl (C=O) groups excluding carboxylic acids is 4. The van der Waals surface area contributed by atoms with E-state index in [1.54, 1.807) is 55.8 Å². The number of nitrogens with zero attached hydrogens (tertiary/aromatic N) is 4. The van der Waals surface area contributed by atoms with E-state index in [0.29, 0.717) is 81.8 Å². The van der Waals surface area contributed by atoms with Crippen LogP contribution in [0.4, 0.5) is 17.1 Å². The molecule has 0 spiro atoms. The predicted molar refractivity (Wildman–Crippen MR) is 225 cm³/mol. The average Bonchev–Trinajstić information content (AvgIpc) is 3.22. The Morgan fingerprint density at radius 2 is 1.38 bits per heavy atom. The number of piperidine rings is 1. The minimum atomic E-state index is -0.463. The summed E-state index contributed by atoms with van der Waals surface area (Å²) in [7, 11) is 1.67. The highest BCUT2D eigenvalue weighted by Gasteiger charge is 2.21. The number of benzene rings is 3. The zero-order valence-electron chi connectivity index (χ0n) is 34.1. The molecule has 3 amide bonds. The lowest BCUT2D eigenvalue weighted by molar-refractivity contribution is -0.122. The SMILES string of the molecule is CN(CCOCCOCCOCCC(=O)CC(C)(C)C)C(=O)c1cccc(C(=O)Nc2ccc(N3CCCCC3)cc2C(=O)Nc2cnc(-c3ccccc3)nc2)c1. The molecule has 5 rings (SSSR count). The number of hydrogen-bond donors (Lipinski definition) is 2. The molecule has 3 aromatic carbocycles. The first-order chi connectivity index (χ1) is 28.0. The summed E-state index contributed by atoms with van der Waals surface area (Å²) < 4.78 is 16.7. The van der Waals surface area contributed by atoms with Gasteiger partial charge in [0.1, 0.15) is 5.78 Å². The fourth-order valence-corrected chi connectivity index (χ4v) is 6.42. The van der Waals surface area contributed by atoms with Crippen LogP contribution in [0.2, 0.25) is 0 Å². The van der Waals surface area contributed by atoms with Crippen LogP contribution in [0.25, 0.3) is 11.4 Å². The first-order valence-corrected chi connectivity index (χ1v) is 20.0. The summed E-state index contributed by atoms with van der Waals surface area (Å²) in [5.41, 5.74) is 3.38. The van der Waals surface area contributed by atoms with Crippen LogP contribution in [0.3, 0.4) is 0 Å². The van der Waals surface area contributed by atoms with Gasteiger partial charge in [-0.05, 0) is 61.1 Å². The van der Waals surface area contributed by atoms with Gasteiger partial charge in [0, 0.05) is 61.9 Å². The van der Waals surface area contributed by atoms with Gasteiger partial charge in [0.15, 0.2) is 5.82 Å². The smallest absolute Gasteiger partial charge is 0.257 e. The molecule has 308 valence electrons. The van der Waals surface area contributed by atoms with E-state index in [1.165, 1.54) is 11.3 Å². The number of ether oxygens (including phenoxy) is 3. The summed E-state index contributed by atoms with van der Waals surface area (Å²) in [5.74, 6) is -0.412. The number of likely N-dealkylation sites (N-methyl/N-ethyl adjacent to an activating group) is 1. The van der Waals surface area contributed by atoms with Crippen molar-refractivity contribution in [2.24, 2.45) is 5.41 Å². The van der Waals surface area contributed by atoms with Gasteiger partial charge in [0.05, 0.1) is 69.0 Å². The van der Waals surface area contributed by atoms with Crippen LogP contribution in [0, 0.1) is 5.41 Å². The van der Waals surface area contributed by atoms with Crippen molar-refractivity contribution < 1.29 is 33.4 Å². The molecule has 1 aliphatic heterocycles. The third-order valence-electron chi connectivity index (χ3n) is 9.45. The zero-order chi connectivity index (χ0) is 41.3. The predicted octanol–water partition coefficient (Wildman–Crippen LogP) is 7.16. The Balaban J connectivity index is 1.11. The van der Waals surface area contributed by atoms with Crippen LogP contribution in [-0.4, -0.2) is 105 Å². The molecular weight excluding hydrogens is 737 g/mol. The minimum Gasteiger partial charge on any atom is -0.379 e. The van der Waals surface area contributed by atoms with Gasteiger partial charge in [-0.15, -0.1) is 0 Å². The highest BCUT2D eigenvalue weighted by molar-refractivity contribution is 6.13.